The first kappa shape index (κ1) is 14.3. The molecule has 1 saturated carbocycles. The van der Waals surface area contributed by atoms with Gasteiger partial charge in [-0.25, -0.2) is 9.78 Å². The molecule has 23 heavy (non-hydrogen) atoms. The largest absolute Gasteiger partial charge is 0.348 e. The molecular formula is C16H22N6O. The Morgan fingerprint density at radius 2 is 2.26 bits per heavy atom. The van der Waals surface area contributed by atoms with Crippen LogP contribution >= 0.6 is 0 Å². The molecule has 0 spiro atoms. The van der Waals surface area contributed by atoms with Crippen molar-refractivity contribution in [3.63, 3.8) is 0 Å². The number of nitrogens with zero attached hydrogens (tertiary/aromatic N) is 3. The summed E-state index contributed by atoms with van der Waals surface area (Å²) in [5.74, 6) is 1.91. The minimum absolute atomic E-state index is 0.0103. The maximum atomic E-state index is 12.4. The van der Waals surface area contributed by atoms with E-state index in [1.54, 1.807) is 6.20 Å². The van der Waals surface area contributed by atoms with Crippen molar-refractivity contribution < 1.29 is 4.79 Å². The van der Waals surface area contributed by atoms with Gasteiger partial charge in [0, 0.05) is 37.3 Å². The van der Waals surface area contributed by atoms with E-state index in [2.05, 4.69) is 31.5 Å². The van der Waals surface area contributed by atoms with Crippen molar-refractivity contribution in [1.29, 1.82) is 0 Å². The Hall–Kier alpha value is -2.31. The number of aromatic nitrogens is 4. The highest BCUT2D eigenvalue weighted by molar-refractivity contribution is 5.74. The lowest BCUT2D eigenvalue weighted by atomic mass is 9.98. The zero-order valence-electron chi connectivity index (χ0n) is 13.1. The monoisotopic (exact) mass is 314 g/mol. The molecule has 0 aromatic carbocycles. The number of carbonyl (C=O) groups excluding carboxylic acids is 1. The van der Waals surface area contributed by atoms with E-state index >= 15 is 0 Å². The molecule has 2 fully saturated rings. The van der Waals surface area contributed by atoms with Crippen LogP contribution in [0, 0.1) is 0 Å². The van der Waals surface area contributed by atoms with E-state index in [1.807, 2.05) is 11.1 Å². The van der Waals surface area contributed by atoms with Gasteiger partial charge in [-0.1, -0.05) is 0 Å². The number of carbonyl (C=O) groups is 1. The first-order valence-electron chi connectivity index (χ1n) is 8.36. The lowest BCUT2D eigenvalue weighted by molar-refractivity contribution is 0.178. The van der Waals surface area contributed by atoms with Gasteiger partial charge in [-0.05, 0) is 31.7 Å². The summed E-state index contributed by atoms with van der Waals surface area (Å²) in [6.45, 7) is 2.02. The van der Waals surface area contributed by atoms with E-state index in [0.717, 1.165) is 43.1 Å². The number of rotatable bonds is 4. The predicted molar refractivity (Wildman–Crippen MR) is 84.9 cm³/mol. The quantitative estimate of drug-likeness (QED) is 0.807. The zero-order chi connectivity index (χ0) is 15.6. The first-order valence-corrected chi connectivity index (χ1v) is 8.36. The number of urea groups is 1. The molecule has 122 valence electrons. The number of likely N-dealkylation sites (tertiary alicyclic amines) is 1. The number of hydrogen-bond donors (Lipinski definition) is 3. The molecule has 7 heteroatoms. The van der Waals surface area contributed by atoms with Crippen LogP contribution in [0.4, 0.5) is 4.79 Å². The highest BCUT2D eigenvalue weighted by Crippen LogP contribution is 2.38. The van der Waals surface area contributed by atoms with Gasteiger partial charge in [0.1, 0.15) is 5.82 Å². The smallest absolute Gasteiger partial charge is 0.317 e. The average Bonchev–Trinajstić information content (AvgIpc) is 3.11. The van der Waals surface area contributed by atoms with E-state index in [1.165, 1.54) is 12.8 Å². The molecule has 2 aromatic rings. The highest BCUT2D eigenvalue weighted by atomic mass is 16.2. The van der Waals surface area contributed by atoms with Crippen molar-refractivity contribution in [1.82, 2.24) is 30.4 Å². The lowest BCUT2D eigenvalue weighted by Gasteiger charge is -2.31. The van der Waals surface area contributed by atoms with E-state index in [9.17, 15) is 4.79 Å². The van der Waals surface area contributed by atoms with Crippen molar-refractivity contribution in [2.75, 3.05) is 13.1 Å². The topological polar surface area (TPSA) is 89.7 Å². The minimum atomic E-state index is -0.0103. The maximum Gasteiger partial charge on any atom is 0.317 e. The first-order chi connectivity index (χ1) is 11.3. The molecule has 2 aromatic heterocycles. The molecule has 0 unspecified atom stereocenters. The van der Waals surface area contributed by atoms with Crippen LogP contribution in [0.25, 0.3) is 0 Å². The number of aromatic amines is 2. The fraction of sp³-hybridized carbons (Fsp3) is 0.562. The zero-order valence-corrected chi connectivity index (χ0v) is 13.1. The second-order valence-corrected chi connectivity index (χ2v) is 6.51. The standard InChI is InChI=1S/C16H22N6O/c23-16(19-9-13-8-14(21-20-13)11-3-4-11)22-7-1-2-12(10-22)15-17-5-6-18-15/h5-6,8,11-12H,1-4,7,9-10H2,(H,17,18)(H,19,23)(H,20,21)/t12-/m0/s1. The van der Waals surface area contributed by atoms with Crippen LogP contribution in [0.15, 0.2) is 18.5 Å². The summed E-state index contributed by atoms with van der Waals surface area (Å²) in [7, 11) is 0. The van der Waals surface area contributed by atoms with E-state index in [0.29, 0.717) is 18.4 Å². The van der Waals surface area contributed by atoms with E-state index in [4.69, 9.17) is 0 Å². The van der Waals surface area contributed by atoms with Crippen LogP contribution in [0.1, 0.15) is 54.7 Å². The van der Waals surface area contributed by atoms with Crippen LogP contribution in [-0.4, -0.2) is 44.2 Å². The van der Waals surface area contributed by atoms with Gasteiger partial charge in [0.15, 0.2) is 0 Å². The van der Waals surface area contributed by atoms with Crippen molar-refractivity contribution in [2.24, 2.45) is 0 Å². The van der Waals surface area contributed by atoms with Gasteiger partial charge in [-0.3, -0.25) is 5.10 Å². The second-order valence-electron chi connectivity index (χ2n) is 6.51. The molecule has 3 N–H and O–H groups in total. The minimum Gasteiger partial charge on any atom is -0.348 e. The number of amides is 2. The van der Waals surface area contributed by atoms with Gasteiger partial charge in [0.05, 0.1) is 17.9 Å². The molecular weight excluding hydrogens is 292 g/mol. The molecule has 0 bridgehead atoms. The number of H-pyrrole nitrogens is 2. The third kappa shape index (κ3) is 3.23. The Morgan fingerprint density at radius 1 is 1.35 bits per heavy atom. The summed E-state index contributed by atoms with van der Waals surface area (Å²) < 4.78 is 0. The molecule has 1 aliphatic carbocycles. The molecule has 1 atom stereocenters. The van der Waals surface area contributed by atoms with Crippen LogP contribution in [-0.2, 0) is 6.54 Å². The van der Waals surface area contributed by atoms with Crippen molar-refractivity contribution in [3.8, 4) is 0 Å². The van der Waals surface area contributed by atoms with Gasteiger partial charge in [0.25, 0.3) is 0 Å². The van der Waals surface area contributed by atoms with Crippen molar-refractivity contribution >= 4 is 6.03 Å². The van der Waals surface area contributed by atoms with Gasteiger partial charge in [-0.2, -0.15) is 5.10 Å². The van der Waals surface area contributed by atoms with Crippen LogP contribution < -0.4 is 5.32 Å². The van der Waals surface area contributed by atoms with Crippen molar-refractivity contribution in [2.45, 2.75) is 44.1 Å². The Bertz CT molecular complexity index is 660. The summed E-state index contributed by atoms with van der Waals surface area (Å²) in [4.78, 5) is 21.8. The summed E-state index contributed by atoms with van der Waals surface area (Å²) in [6, 6.07) is 2.06. The molecule has 3 heterocycles. The number of imidazole rings is 1. The number of piperidine rings is 1. The second kappa shape index (κ2) is 6.06. The third-order valence-electron chi connectivity index (χ3n) is 4.69. The third-order valence-corrected chi connectivity index (χ3v) is 4.69. The van der Waals surface area contributed by atoms with Crippen LogP contribution in [0.5, 0.6) is 0 Å². The van der Waals surface area contributed by atoms with Gasteiger partial charge in [0.2, 0.25) is 0 Å². The number of nitrogens with one attached hydrogen (secondary N) is 3. The Morgan fingerprint density at radius 3 is 3.04 bits per heavy atom. The van der Waals surface area contributed by atoms with Crippen LogP contribution in [0.2, 0.25) is 0 Å². The summed E-state index contributed by atoms with van der Waals surface area (Å²) >= 11 is 0. The SMILES string of the molecule is O=C(NCc1cc(C2CC2)n[nH]1)N1CCC[C@H](c2ncc[nH]2)C1. The van der Waals surface area contributed by atoms with E-state index < -0.39 is 0 Å². The average molecular weight is 314 g/mol. The normalized spacial score (nSPS) is 21.4. The van der Waals surface area contributed by atoms with Crippen molar-refractivity contribution in [3.05, 3.63) is 35.7 Å². The molecule has 0 radical (unpaired) electrons. The Kier molecular flexibility index (Phi) is 3.77. The van der Waals surface area contributed by atoms with Crippen LogP contribution in [0.3, 0.4) is 0 Å². The molecule has 1 aliphatic heterocycles. The summed E-state index contributed by atoms with van der Waals surface area (Å²) in [5.41, 5.74) is 2.10. The summed E-state index contributed by atoms with van der Waals surface area (Å²) in [5, 5.41) is 10.3. The Labute approximate surface area is 134 Å². The molecule has 2 amide bonds. The highest BCUT2D eigenvalue weighted by Gasteiger charge is 2.27. The summed E-state index contributed by atoms with van der Waals surface area (Å²) in [6.07, 6.45) is 8.16. The number of hydrogen-bond acceptors (Lipinski definition) is 3. The molecule has 2 aliphatic rings. The van der Waals surface area contributed by atoms with E-state index in [-0.39, 0.29) is 6.03 Å². The van der Waals surface area contributed by atoms with Gasteiger partial charge in [-0.15, -0.1) is 0 Å². The predicted octanol–water partition coefficient (Wildman–Crippen LogP) is 2.10. The fourth-order valence-electron chi connectivity index (χ4n) is 3.23. The maximum absolute atomic E-state index is 12.4. The Balaban J connectivity index is 1.31. The molecule has 1 saturated heterocycles. The lowest BCUT2D eigenvalue weighted by Crippen LogP contribution is -2.44. The van der Waals surface area contributed by atoms with Gasteiger partial charge >= 0.3 is 6.03 Å². The molecule has 7 nitrogen and oxygen atoms in total. The van der Waals surface area contributed by atoms with Gasteiger partial charge < -0.3 is 15.2 Å². The molecule has 4 rings (SSSR count). The fourth-order valence-corrected chi connectivity index (χ4v) is 3.23.